The Kier molecular flexibility index (Phi) is 11.2. The minimum atomic E-state index is -4.13. The number of nitrogens with zero attached hydrogens (tertiary/aromatic N) is 2. The van der Waals surface area contributed by atoms with Crippen LogP contribution >= 0.6 is 34.2 Å². The predicted octanol–water partition coefficient (Wildman–Crippen LogP) is 6.84. The molecular weight excluding hydrogens is 721 g/mol. The van der Waals surface area contributed by atoms with Crippen molar-refractivity contribution in [1.82, 2.24) is 10.2 Å². The monoisotopic (exact) mass is 755 g/mol. The first kappa shape index (κ1) is 33.0. The van der Waals surface area contributed by atoms with E-state index in [1.165, 1.54) is 17.0 Å². The molecule has 1 saturated carbocycles. The summed E-state index contributed by atoms with van der Waals surface area (Å²) in [6.45, 7) is -0.398. The van der Waals surface area contributed by atoms with Gasteiger partial charge in [0.1, 0.15) is 12.6 Å². The standard InChI is InChI=1S/C35H35ClIN3O4S/c36-28-17-15-27(16-18-28)24-39(33(23-26-9-3-1-4-10-26)35(42)38-30-11-7-8-12-30)34(41)25-40(31-21-19-29(37)20-22-31)45(43,44)32-13-5-2-6-14-32/h1-6,9-10,13-22,30,33H,7-8,11-12,23-25H2,(H,38,42). The van der Waals surface area contributed by atoms with Crippen LogP contribution in [-0.2, 0) is 32.6 Å². The molecule has 10 heteroatoms. The van der Waals surface area contributed by atoms with Crippen LogP contribution in [0.1, 0.15) is 36.8 Å². The van der Waals surface area contributed by atoms with Crippen molar-refractivity contribution in [2.24, 2.45) is 0 Å². The van der Waals surface area contributed by atoms with Crippen molar-refractivity contribution in [1.29, 1.82) is 0 Å². The maximum atomic E-state index is 14.5. The zero-order chi connectivity index (χ0) is 31.8. The Morgan fingerprint density at radius 1 is 0.822 bits per heavy atom. The Labute approximate surface area is 283 Å². The van der Waals surface area contributed by atoms with E-state index in [1.54, 1.807) is 54.6 Å². The van der Waals surface area contributed by atoms with E-state index in [-0.39, 0.29) is 29.8 Å². The highest BCUT2D eigenvalue weighted by Crippen LogP contribution is 2.26. The largest absolute Gasteiger partial charge is 0.352 e. The highest BCUT2D eigenvalue weighted by molar-refractivity contribution is 14.1. The van der Waals surface area contributed by atoms with Gasteiger partial charge in [-0.05, 0) is 95.1 Å². The van der Waals surface area contributed by atoms with Crippen molar-refractivity contribution in [3.63, 3.8) is 0 Å². The quantitative estimate of drug-likeness (QED) is 0.161. The fraction of sp³-hybridized carbons (Fsp3) is 0.257. The lowest BCUT2D eigenvalue weighted by molar-refractivity contribution is -0.140. The summed E-state index contributed by atoms with van der Waals surface area (Å²) in [7, 11) is -4.13. The third-order valence-electron chi connectivity index (χ3n) is 7.96. The minimum absolute atomic E-state index is 0.0463. The van der Waals surface area contributed by atoms with Crippen molar-refractivity contribution in [2.75, 3.05) is 10.8 Å². The lowest BCUT2D eigenvalue weighted by Crippen LogP contribution is -2.54. The maximum Gasteiger partial charge on any atom is 0.264 e. The molecule has 0 bridgehead atoms. The number of nitrogens with one attached hydrogen (secondary N) is 1. The zero-order valence-corrected chi connectivity index (χ0v) is 28.4. The summed E-state index contributed by atoms with van der Waals surface area (Å²) in [4.78, 5) is 30.2. The molecule has 0 aliphatic heterocycles. The van der Waals surface area contributed by atoms with Gasteiger partial charge >= 0.3 is 0 Å². The van der Waals surface area contributed by atoms with Crippen LogP contribution < -0.4 is 9.62 Å². The molecule has 0 heterocycles. The second kappa shape index (κ2) is 15.2. The van der Waals surface area contributed by atoms with Gasteiger partial charge in [-0.2, -0.15) is 0 Å². The average Bonchev–Trinajstić information content (AvgIpc) is 3.57. The van der Waals surface area contributed by atoms with E-state index in [4.69, 9.17) is 11.6 Å². The molecule has 0 spiro atoms. The third kappa shape index (κ3) is 8.65. The van der Waals surface area contributed by atoms with Gasteiger partial charge < -0.3 is 10.2 Å². The Balaban J connectivity index is 1.55. The molecule has 1 aliphatic rings. The molecule has 234 valence electrons. The van der Waals surface area contributed by atoms with Crippen LogP contribution in [0.25, 0.3) is 0 Å². The number of carbonyl (C=O) groups is 2. The van der Waals surface area contributed by atoms with Crippen molar-refractivity contribution in [3.8, 4) is 0 Å². The van der Waals surface area contributed by atoms with Crippen LogP contribution in [0, 0.1) is 3.57 Å². The number of hydrogen-bond donors (Lipinski definition) is 1. The molecule has 1 unspecified atom stereocenters. The molecule has 0 radical (unpaired) electrons. The lowest BCUT2D eigenvalue weighted by atomic mass is 10.0. The van der Waals surface area contributed by atoms with E-state index in [0.29, 0.717) is 10.7 Å². The molecule has 1 N–H and O–H groups in total. The van der Waals surface area contributed by atoms with Crippen LogP contribution in [0.4, 0.5) is 5.69 Å². The van der Waals surface area contributed by atoms with E-state index in [1.807, 2.05) is 42.5 Å². The van der Waals surface area contributed by atoms with Crippen molar-refractivity contribution in [2.45, 2.75) is 55.6 Å². The Morgan fingerprint density at radius 2 is 1.42 bits per heavy atom. The molecule has 1 atom stereocenters. The van der Waals surface area contributed by atoms with Crippen molar-refractivity contribution in [3.05, 3.63) is 129 Å². The second-order valence-corrected chi connectivity index (χ2v) is 14.7. The minimum Gasteiger partial charge on any atom is -0.352 e. The second-order valence-electron chi connectivity index (χ2n) is 11.1. The van der Waals surface area contributed by atoms with Gasteiger partial charge in [-0.3, -0.25) is 13.9 Å². The SMILES string of the molecule is O=C(NC1CCCC1)C(Cc1ccccc1)N(Cc1ccc(Cl)cc1)C(=O)CN(c1ccc(I)cc1)S(=O)(=O)c1ccccc1. The summed E-state index contributed by atoms with van der Waals surface area (Å²) in [6, 6.07) is 30.9. The van der Waals surface area contributed by atoms with Crippen LogP contribution in [0.15, 0.2) is 114 Å². The normalized spacial score (nSPS) is 14.1. The summed E-state index contributed by atoms with van der Waals surface area (Å²) < 4.78 is 30.2. The van der Waals surface area contributed by atoms with Crippen LogP contribution in [0.3, 0.4) is 0 Å². The molecule has 5 rings (SSSR count). The topological polar surface area (TPSA) is 86.8 Å². The van der Waals surface area contributed by atoms with Crippen LogP contribution in [0.5, 0.6) is 0 Å². The number of sulfonamides is 1. The average molecular weight is 756 g/mol. The summed E-state index contributed by atoms with van der Waals surface area (Å²) in [5.74, 6) is -0.745. The first-order valence-electron chi connectivity index (χ1n) is 14.9. The van der Waals surface area contributed by atoms with E-state index >= 15 is 0 Å². The highest BCUT2D eigenvalue weighted by atomic mass is 127. The number of halogens is 2. The van der Waals surface area contributed by atoms with Gasteiger partial charge in [0.15, 0.2) is 0 Å². The molecule has 1 fully saturated rings. The molecule has 1 aliphatic carbocycles. The number of benzene rings is 4. The summed E-state index contributed by atoms with van der Waals surface area (Å²) in [6.07, 6.45) is 4.15. The van der Waals surface area contributed by atoms with E-state index in [2.05, 4.69) is 27.9 Å². The molecule has 0 saturated heterocycles. The third-order valence-corrected chi connectivity index (χ3v) is 10.7. The van der Waals surface area contributed by atoms with Gasteiger partial charge in [0.25, 0.3) is 10.0 Å². The first-order chi connectivity index (χ1) is 21.7. The van der Waals surface area contributed by atoms with Gasteiger partial charge in [-0.25, -0.2) is 8.42 Å². The van der Waals surface area contributed by atoms with E-state index < -0.39 is 28.5 Å². The summed E-state index contributed by atoms with van der Waals surface area (Å²) in [5, 5.41) is 3.74. The number of rotatable bonds is 12. The van der Waals surface area contributed by atoms with Gasteiger partial charge in [0.05, 0.1) is 10.6 Å². The number of hydrogen-bond acceptors (Lipinski definition) is 4. The van der Waals surface area contributed by atoms with Crippen LogP contribution in [0.2, 0.25) is 5.02 Å². The van der Waals surface area contributed by atoms with Gasteiger partial charge in [0.2, 0.25) is 11.8 Å². The van der Waals surface area contributed by atoms with Gasteiger partial charge in [-0.1, -0.05) is 85.1 Å². The number of amides is 2. The fourth-order valence-electron chi connectivity index (χ4n) is 5.56. The van der Waals surface area contributed by atoms with E-state index in [9.17, 15) is 18.0 Å². The molecule has 45 heavy (non-hydrogen) atoms. The number of carbonyl (C=O) groups excluding carboxylic acids is 2. The van der Waals surface area contributed by atoms with Gasteiger partial charge in [-0.15, -0.1) is 0 Å². The maximum absolute atomic E-state index is 14.5. The zero-order valence-electron chi connectivity index (χ0n) is 24.7. The highest BCUT2D eigenvalue weighted by Gasteiger charge is 2.35. The number of anilines is 1. The Morgan fingerprint density at radius 3 is 2.04 bits per heavy atom. The van der Waals surface area contributed by atoms with Crippen molar-refractivity contribution < 1.29 is 18.0 Å². The smallest absolute Gasteiger partial charge is 0.264 e. The van der Waals surface area contributed by atoms with Crippen LogP contribution in [-0.4, -0.2) is 43.8 Å². The molecule has 4 aromatic carbocycles. The molecule has 4 aromatic rings. The molecule has 2 amide bonds. The molecular formula is C35H35ClIN3O4S. The van der Waals surface area contributed by atoms with Crippen molar-refractivity contribution >= 4 is 61.7 Å². The first-order valence-corrected chi connectivity index (χ1v) is 17.8. The Bertz CT molecular complexity index is 1680. The summed E-state index contributed by atoms with van der Waals surface area (Å²) in [5.41, 5.74) is 2.02. The van der Waals surface area contributed by atoms with E-state index in [0.717, 1.165) is 44.7 Å². The fourth-order valence-corrected chi connectivity index (χ4v) is 7.48. The molecule has 0 aromatic heterocycles. The Hall–Kier alpha value is -3.41. The predicted molar refractivity (Wildman–Crippen MR) is 186 cm³/mol. The molecule has 7 nitrogen and oxygen atoms in total. The van der Waals surface area contributed by atoms with Gasteiger partial charge in [0, 0.05) is 27.6 Å². The lowest BCUT2D eigenvalue weighted by Gasteiger charge is -2.34. The summed E-state index contributed by atoms with van der Waals surface area (Å²) >= 11 is 8.32.